The van der Waals surface area contributed by atoms with Gasteiger partial charge < -0.3 is 9.47 Å². The number of rotatable bonds is 6. The van der Waals surface area contributed by atoms with Crippen LogP contribution in [0.5, 0.6) is 11.5 Å². The quantitative estimate of drug-likeness (QED) is 0.585. The van der Waals surface area contributed by atoms with E-state index in [0.29, 0.717) is 11.3 Å². The van der Waals surface area contributed by atoms with Gasteiger partial charge in [0.05, 0.1) is 19.1 Å². The summed E-state index contributed by atoms with van der Waals surface area (Å²) in [6.45, 7) is 3.53. The van der Waals surface area contributed by atoms with Crippen LogP contribution in [0.25, 0.3) is 6.08 Å². The third-order valence-corrected chi connectivity index (χ3v) is 2.80. The number of nitro groups is 1. The van der Waals surface area contributed by atoms with Crippen LogP contribution in [-0.4, -0.2) is 19.1 Å². The lowest BCUT2D eigenvalue weighted by molar-refractivity contribution is -0.422. The fraction of sp³-hybridized carbons (Fsp3) is 0.429. The average molecular weight is 265 g/mol. The zero-order chi connectivity index (χ0) is 14.4. The Hall–Kier alpha value is -2.04. The van der Waals surface area contributed by atoms with Crippen LogP contribution >= 0.6 is 0 Å². The van der Waals surface area contributed by atoms with Gasteiger partial charge in [-0.25, -0.2) is 0 Å². The van der Waals surface area contributed by atoms with Crippen molar-refractivity contribution in [3.63, 3.8) is 0 Å². The molecule has 19 heavy (non-hydrogen) atoms. The van der Waals surface area contributed by atoms with Gasteiger partial charge in [-0.3, -0.25) is 10.1 Å². The van der Waals surface area contributed by atoms with Crippen molar-refractivity contribution in [3.8, 4) is 11.5 Å². The molecule has 0 atom stereocenters. The van der Waals surface area contributed by atoms with Gasteiger partial charge in [0.2, 0.25) is 5.70 Å². The lowest BCUT2D eigenvalue weighted by Crippen LogP contribution is -1.98. The van der Waals surface area contributed by atoms with E-state index < -0.39 is 4.92 Å². The summed E-state index contributed by atoms with van der Waals surface area (Å²) in [6.07, 6.45) is 3.34. The predicted octanol–water partition coefficient (Wildman–Crippen LogP) is 3.29. The highest BCUT2D eigenvalue weighted by atomic mass is 16.6. The first kappa shape index (κ1) is 15.0. The number of benzene rings is 1. The monoisotopic (exact) mass is 265 g/mol. The molecule has 0 spiro atoms. The second-order valence-electron chi connectivity index (χ2n) is 4.20. The molecule has 5 heteroatoms. The molecule has 0 aliphatic heterocycles. The van der Waals surface area contributed by atoms with Crippen molar-refractivity contribution in [2.45, 2.75) is 26.7 Å². The van der Waals surface area contributed by atoms with E-state index >= 15 is 0 Å². The number of allylic oxidation sites excluding steroid dienone is 1. The normalized spacial score (nSPS) is 11.3. The first-order valence-electron chi connectivity index (χ1n) is 6.11. The molecule has 0 unspecified atom stereocenters. The van der Waals surface area contributed by atoms with Crippen LogP contribution in [0.2, 0.25) is 0 Å². The summed E-state index contributed by atoms with van der Waals surface area (Å²) in [5.74, 6) is 1.34. The van der Waals surface area contributed by atoms with E-state index in [4.69, 9.17) is 9.47 Å². The van der Waals surface area contributed by atoms with Gasteiger partial charge in [0, 0.05) is 18.6 Å². The van der Waals surface area contributed by atoms with Crippen molar-refractivity contribution < 1.29 is 14.4 Å². The minimum Gasteiger partial charge on any atom is -0.496 e. The maximum absolute atomic E-state index is 10.7. The molecule has 0 fully saturated rings. The van der Waals surface area contributed by atoms with E-state index in [1.54, 1.807) is 20.3 Å². The van der Waals surface area contributed by atoms with E-state index in [-0.39, 0.29) is 5.70 Å². The van der Waals surface area contributed by atoms with Crippen LogP contribution in [0.3, 0.4) is 0 Å². The molecular formula is C14H19NO4. The molecule has 1 aromatic carbocycles. The van der Waals surface area contributed by atoms with Gasteiger partial charge in [-0.1, -0.05) is 13.3 Å². The van der Waals surface area contributed by atoms with Crippen molar-refractivity contribution in [2.75, 3.05) is 14.2 Å². The Morgan fingerprint density at radius 3 is 2.42 bits per heavy atom. The molecule has 5 nitrogen and oxygen atoms in total. The Balaban J connectivity index is 3.31. The molecule has 0 aliphatic carbocycles. The van der Waals surface area contributed by atoms with Crippen LogP contribution in [0.4, 0.5) is 0 Å². The predicted molar refractivity (Wildman–Crippen MR) is 74.2 cm³/mol. The second kappa shape index (κ2) is 6.78. The molecular weight excluding hydrogens is 246 g/mol. The van der Waals surface area contributed by atoms with Crippen molar-refractivity contribution in [1.29, 1.82) is 0 Å². The van der Waals surface area contributed by atoms with Crippen molar-refractivity contribution in [1.82, 2.24) is 0 Å². The van der Waals surface area contributed by atoms with Gasteiger partial charge in [-0.05, 0) is 24.1 Å². The zero-order valence-corrected chi connectivity index (χ0v) is 11.7. The molecule has 104 valence electrons. The Labute approximate surface area is 113 Å². The second-order valence-corrected chi connectivity index (χ2v) is 4.20. The summed E-state index contributed by atoms with van der Waals surface area (Å²) in [6, 6.07) is 3.65. The number of ether oxygens (including phenoxy) is 2. The topological polar surface area (TPSA) is 61.6 Å². The number of hydrogen-bond donors (Lipinski definition) is 0. The summed E-state index contributed by atoms with van der Waals surface area (Å²) in [4.78, 5) is 10.3. The number of nitrogens with zero attached hydrogens (tertiary/aromatic N) is 1. The Morgan fingerprint density at radius 1 is 1.32 bits per heavy atom. The van der Waals surface area contributed by atoms with Crippen LogP contribution in [-0.2, 0) is 6.42 Å². The van der Waals surface area contributed by atoms with Gasteiger partial charge in [-0.15, -0.1) is 0 Å². The van der Waals surface area contributed by atoms with E-state index in [1.165, 1.54) is 13.0 Å². The van der Waals surface area contributed by atoms with Crippen LogP contribution < -0.4 is 9.47 Å². The fourth-order valence-corrected chi connectivity index (χ4v) is 1.84. The average Bonchev–Trinajstić information content (AvgIpc) is 2.39. The lowest BCUT2D eigenvalue weighted by Gasteiger charge is -2.12. The van der Waals surface area contributed by atoms with Crippen LogP contribution in [0, 0.1) is 10.1 Å². The van der Waals surface area contributed by atoms with E-state index in [0.717, 1.165) is 24.2 Å². The molecule has 0 aromatic heterocycles. The smallest absolute Gasteiger partial charge is 0.243 e. The largest absolute Gasteiger partial charge is 0.496 e. The number of methoxy groups -OCH3 is 2. The van der Waals surface area contributed by atoms with Gasteiger partial charge in [0.1, 0.15) is 11.5 Å². The molecule has 0 amide bonds. The Kier molecular flexibility index (Phi) is 5.36. The van der Waals surface area contributed by atoms with Gasteiger partial charge in [0.25, 0.3) is 0 Å². The maximum Gasteiger partial charge on any atom is 0.243 e. The highest BCUT2D eigenvalue weighted by Gasteiger charge is 2.12. The minimum absolute atomic E-state index is 0.0589. The standard InChI is InChI=1S/C14H19NO4/c1-5-6-11-8-14(19-4)12(9-13(11)18-3)7-10(2)15(16)17/h7-9H,5-6H2,1-4H3. The molecule has 1 rings (SSSR count). The van der Waals surface area contributed by atoms with E-state index in [9.17, 15) is 10.1 Å². The van der Waals surface area contributed by atoms with Gasteiger partial charge in [0.15, 0.2) is 0 Å². The molecule has 0 saturated heterocycles. The highest BCUT2D eigenvalue weighted by molar-refractivity contribution is 5.62. The molecule has 0 radical (unpaired) electrons. The third-order valence-electron chi connectivity index (χ3n) is 2.80. The van der Waals surface area contributed by atoms with Crippen molar-refractivity contribution in [3.05, 3.63) is 39.1 Å². The van der Waals surface area contributed by atoms with Gasteiger partial charge in [-0.2, -0.15) is 0 Å². The maximum atomic E-state index is 10.7. The van der Waals surface area contributed by atoms with Crippen molar-refractivity contribution in [2.24, 2.45) is 0 Å². The third kappa shape index (κ3) is 3.71. The summed E-state index contributed by atoms with van der Waals surface area (Å²) in [5.41, 5.74) is 1.75. The lowest BCUT2D eigenvalue weighted by atomic mass is 10.0. The summed E-state index contributed by atoms with van der Waals surface area (Å²) in [7, 11) is 3.14. The minimum atomic E-state index is -0.425. The molecule has 0 N–H and O–H groups in total. The molecule has 0 saturated carbocycles. The SMILES string of the molecule is CCCc1cc(OC)c(C=C(C)[N+](=O)[O-])cc1OC. The van der Waals surface area contributed by atoms with Crippen LogP contribution in [0.1, 0.15) is 31.4 Å². The fourth-order valence-electron chi connectivity index (χ4n) is 1.84. The van der Waals surface area contributed by atoms with Crippen LogP contribution in [0.15, 0.2) is 17.8 Å². The number of hydrogen-bond acceptors (Lipinski definition) is 4. The molecule has 1 aromatic rings. The van der Waals surface area contributed by atoms with Crippen molar-refractivity contribution >= 4 is 6.08 Å². The summed E-state index contributed by atoms with van der Waals surface area (Å²) in [5, 5.41) is 10.7. The van der Waals surface area contributed by atoms with Gasteiger partial charge >= 0.3 is 0 Å². The highest BCUT2D eigenvalue weighted by Crippen LogP contribution is 2.31. The molecule has 0 aliphatic rings. The number of aryl methyl sites for hydroxylation is 1. The van der Waals surface area contributed by atoms with E-state index in [2.05, 4.69) is 6.92 Å². The molecule has 0 heterocycles. The summed E-state index contributed by atoms with van der Waals surface area (Å²) < 4.78 is 10.6. The first-order chi connectivity index (χ1) is 9.03. The van der Waals surface area contributed by atoms with E-state index in [1.807, 2.05) is 6.07 Å². The summed E-state index contributed by atoms with van der Waals surface area (Å²) >= 11 is 0. The first-order valence-corrected chi connectivity index (χ1v) is 6.11. The Bertz CT molecular complexity index is 494. The zero-order valence-electron chi connectivity index (χ0n) is 11.7. The Morgan fingerprint density at radius 2 is 1.95 bits per heavy atom. The molecule has 0 bridgehead atoms.